The maximum Gasteiger partial charge on any atom is 0.126 e. The number of rotatable bonds is 6. The molecule has 0 bridgehead atoms. The Kier molecular flexibility index (Phi) is 5.67. The van der Waals surface area contributed by atoms with Gasteiger partial charge in [-0.2, -0.15) is 0 Å². The largest absolute Gasteiger partial charge is 0.508 e. The van der Waals surface area contributed by atoms with Crippen molar-refractivity contribution in [3.05, 3.63) is 83.4 Å². The van der Waals surface area contributed by atoms with Gasteiger partial charge in [-0.05, 0) is 65.6 Å². The number of phenols is 2. The number of methoxy groups -OCH3 is 1. The lowest BCUT2D eigenvalue weighted by molar-refractivity contribution is 0.364. The van der Waals surface area contributed by atoms with E-state index in [9.17, 15) is 10.2 Å². The third-order valence-corrected chi connectivity index (χ3v) is 4.23. The Labute approximate surface area is 158 Å². The number of phenolic OH excluding ortho intramolecular Hbond substituents is 2. The van der Waals surface area contributed by atoms with Crippen LogP contribution in [0.1, 0.15) is 16.7 Å². The molecule has 0 amide bonds. The van der Waals surface area contributed by atoms with Crippen LogP contribution in [0.5, 0.6) is 23.0 Å². The van der Waals surface area contributed by atoms with E-state index in [4.69, 9.17) is 9.47 Å². The summed E-state index contributed by atoms with van der Waals surface area (Å²) < 4.78 is 11.3. The highest BCUT2D eigenvalue weighted by Crippen LogP contribution is 2.27. The van der Waals surface area contributed by atoms with E-state index in [1.165, 1.54) is 0 Å². The average molecular weight is 362 g/mol. The van der Waals surface area contributed by atoms with Gasteiger partial charge in [0, 0.05) is 6.07 Å². The summed E-state index contributed by atoms with van der Waals surface area (Å²) in [5.41, 5.74) is 3.80. The summed E-state index contributed by atoms with van der Waals surface area (Å²) in [6.45, 7) is 2.24. The molecule has 27 heavy (non-hydrogen) atoms. The van der Waals surface area contributed by atoms with Crippen LogP contribution in [0.2, 0.25) is 0 Å². The van der Waals surface area contributed by atoms with E-state index in [2.05, 4.69) is 0 Å². The molecule has 0 aliphatic heterocycles. The minimum absolute atomic E-state index is 0.165. The molecule has 0 saturated heterocycles. The lowest BCUT2D eigenvalue weighted by atomic mass is 10.0. The zero-order chi connectivity index (χ0) is 19.2. The zero-order valence-electron chi connectivity index (χ0n) is 15.3. The Morgan fingerprint density at radius 3 is 2.41 bits per heavy atom. The predicted molar refractivity (Wildman–Crippen MR) is 107 cm³/mol. The highest BCUT2D eigenvalue weighted by Gasteiger charge is 2.07. The SMILES string of the molecule is COc1cccc(/C=C(/COc2cc(O)ccc2C)c2ccc(O)cc2)c1. The van der Waals surface area contributed by atoms with E-state index in [1.807, 2.05) is 55.5 Å². The van der Waals surface area contributed by atoms with Crippen molar-refractivity contribution in [3.63, 3.8) is 0 Å². The molecule has 0 atom stereocenters. The highest BCUT2D eigenvalue weighted by atomic mass is 16.5. The summed E-state index contributed by atoms with van der Waals surface area (Å²) in [7, 11) is 1.64. The molecule has 4 nitrogen and oxygen atoms in total. The Morgan fingerprint density at radius 2 is 1.67 bits per heavy atom. The molecule has 0 saturated carbocycles. The maximum absolute atomic E-state index is 9.71. The smallest absolute Gasteiger partial charge is 0.126 e. The van der Waals surface area contributed by atoms with Crippen molar-refractivity contribution in [2.24, 2.45) is 0 Å². The molecule has 3 rings (SSSR count). The fourth-order valence-corrected chi connectivity index (χ4v) is 2.72. The fraction of sp³-hybridized carbons (Fsp3) is 0.130. The highest BCUT2D eigenvalue weighted by molar-refractivity contribution is 5.82. The monoisotopic (exact) mass is 362 g/mol. The second-order valence-electron chi connectivity index (χ2n) is 6.23. The number of aromatic hydroxyl groups is 2. The van der Waals surface area contributed by atoms with Crippen LogP contribution in [0.15, 0.2) is 66.7 Å². The van der Waals surface area contributed by atoms with Gasteiger partial charge in [0.1, 0.15) is 29.6 Å². The van der Waals surface area contributed by atoms with Gasteiger partial charge in [0.05, 0.1) is 7.11 Å². The first-order chi connectivity index (χ1) is 13.0. The summed E-state index contributed by atoms with van der Waals surface area (Å²) in [5.74, 6) is 1.78. The summed E-state index contributed by atoms with van der Waals surface area (Å²) in [5, 5.41) is 19.3. The Bertz CT molecular complexity index is 943. The lowest BCUT2D eigenvalue weighted by Gasteiger charge is -2.13. The molecule has 3 aromatic carbocycles. The van der Waals surface area contributed by atoms with E-state index >= 15 is 0 Å². The van der Waals surface area contributed by atoms with Gasteiger partial charge in [0.25, 0.3) is 0 Å². The number of hydrogen-bond donors (Lipinski definition) is 2. The van der Waals surface area contributed by atoms with Gasteiger partial charge in [0.15, 0.2) is 0 Å². The van der Waals surface area contributed by atoms with Crippen LogP contribution < -0.4 is 9.47 Å². The maximum atomic E-state index is 9.71. The molecule has 0 spiro atoms. The zero-order valence-corrected chi connectivity index (χ0v) is 15.3. The molecule has 3 aromatic rings. The fourth-order valence-electron chi connectivity index (χ4n) is 2.72. The number of aryl methyl sites for hydroxylation is 1. The van der Waals surface area contributed by atoms with Gasteiger partial charge >= 0.3 is 0 Å². The predicted octanol–water partition coefficient (Wildman–Crippen LogP) is 5.03. The van der Waals surface area contributed by atoms with Gasteiger partial charge in [0.2, 0.25) is 0 Å². The van der Waals surface area contributed by atoms with Crippen molar-refractivity contribution >= 4 is 11.6 Å². The Balaban J connectivity index is 1.93. The van der Waals surface area contributed by atoms with E-state index in [0.717, 1.165) is 28.0 Å². The second-order valence-corrected chi connectivity index (χ2v) is 6.23. The van der Waals surface area contributed by atoms with Crippen LogP contribution in [0.25, 0.3) is 11.6 Å². The quantitative estimate of drug-likeness (QED) is 0.604. The molecular weight excluding hydrogens is 340 g/mol. The minimum atomic E-state index is 0.165. The molecule has 4 heteroatoms. The van der Waals surface area contributed by atoms with Gasteiger partial charge in [-0.3, -0.25) is 0 Å². The van der Waals surface area contributed by atoms with Crippen molar-refractivity contribution in [1.29, 1.82) is 0 Å². The van der Waals surface area contributed by atoms with E-state index in [-0.39, 0.29) is 11.5 Å². The molecular formula is C23H22O4. The van der Waals surface area contributed by atoms with Crippen molar-refractivity contribution in [1.82, 2.24) is 0 Å². The lowest BCUT2D eigenvalue weighted by Crippen LogP contribution is -2.02. The van der Waals surface area contributed by atoms with Crippen molar-refractivity contribution in [2.75, 3.05) is 13.7 Å². The molecule has 0 fully saturated rings. The summed E-state index contributed by atoms with van der Waals surface area (Å²) in [6.07, 6.45) is 2.02. The van der Waals surface area contributed by atoms with Gasteiger partial charge in [-0.15, -0.1) is 0 Å². The van der Waals surface area contributed by atoms with Crippen molar-refractivity contribution in [2.45, 2.75) is 6.92 Å². The first kappa shape index (κ1) is 18.4. The van der Waals surface area contributed by atoms with E-state index < -0.39 is 0 Å². The summed E-state index contributed by atoms with van der Waals surface area (Å²) in [6, 6.07) is 19.8. The first-order valence-electron chi connectivity index (χ1n) is 8.61. The molecule has 0 heterocycles. The van der Waals surface area contributed by atoms with Crippen LogP contribution in [0.4, 0.5) is 0 Å². The summed E-state index contributed by atoms with van der Waals surface area (Å²) >= 11 is 0. The molecule has 0 aliphatic rings. The number of ether oxygens (including phenoxy) is 2. The standard InChI is InChI=1S/C23H22O4/c1-16-6-9-21(25)14-23(16)27-15-19(18-7-10-20(24)11-8-18)12-17-4-3-5-22(13-17)26-2/h3-14,24-25H,15H2,1-2H3/b19-12-. The molecule has 0 aromatic heterocycles. The van der Waals surface area contributed by atoms with Gasteiger partial charge in [-0.25, -0.2) is 0 Å². The van der Waals surface area contributed by atoms with E-state index in [1.54, 1.807) is 31.4 Å². The van der Waals surface area contributed by atoms with Crippen LogP contribution >= 0.6 is 0 Å². The number of benzene rings is 3. The Morgan fingerprint density at radius 1 is 0.926 bits per heavy atom. The van der Waals surface area contributed by atoms with E-state index in [0.29, 0.717) is 12.4 Å². The van der Waals surface area contributed by atoms with Crippen LogP contribution in [-0.4, -0.2) is 23.9 Å². The van der Waals surface area contributed by atoms with Crippen molar-refractivity contribution in [3.8, 4) is 23.0 Å². The third kappa shape index (κ3) is 4.82. The molecule has 0 aliphatic carbocycles. The van der Waals surface area contributed by atoms with Gasteiger partial charge in [-0.1, -0.05) is 30.3 Å². The number of hydrogen-bond acceptors (Lipinski definition) is 4. The molecule has 2 N–H and O–H groups in total. The average Bonchev–Trinajstić information content (AvgIpc) is 2.68. The topological polar surface area (TPSA) is 58.9 Å². The van der Waals surface area contributed by atoms with Crippen molar-refractivity contribution < 1.29 is 19.7 Å². The molecule has 0 unspecified atom stereocenters. The normalized spacial score (nSPS) is 11.3. The Hall–Kier alpha value is -3.40. The minimum Gasteiger partial charge on any atom is -0.508 e. The molecule has 138 valence electrons. The second kappa shape index (κ2) is 8.32. The van der Waals surface area contributed by atoms with Crippen LogP contribution in [-0.2, 0) is 0 Å². The first-order valence-corrected chi connectivity index (χ1v) is 8.61. The van der Waals surface area contributed by atoms with Crippen LogP contribution in [0, 0.1) is 6.92 Å². The van der Waals surface area contributed by atoms with Crippen LogP contribution in [0.3, 0.4) is 0 Å². The summed E-state index contributed by atoms with van der Waals surface area (Å²) in [4.78, 5) is 0. The van der Waals surface area contributed by atoms with Gasteiger partial charge < -0.3 is 19.7 Å². The third-order valence-electron chi connectivity index (χ3n) is 4.23. The molecule has 0 radical (unpaired) electrons.